The number of ether oxygens (including phenoxy) is 1. The Balaban J connectivity index is 1.49. The van der Waals surface area contributed by atoms with E-state index in [4.69, 9.17) is 4.74 Å². The van der Waals surface area contributed by atoms with Crippen LogP contribution < -0.4 is 4.74 Å². The van der Waals surface area contributed by atoms with Gasteiger partial charge in [0.05, 0.1) is 12.7 Å². The van der Waals surface area contributed by atoms with Crippen LogP contribution in [0.2, 0.25) is 0 Å². The van der Waals surface area contributed by atoms with Crippen molar-refractivity contribution in [3.63, 3.8) is 0 Å². The molecule has 200 valence electrons. The number of benzene rings is 2. The summed E-state index contributed by atoms with van der Waals surface area (Å²) in [5.41, 5.74) is 0.980. The van der Waals surface area contributed by atoms with Crippen LogP contribution in [0.4, 0.5) is 17.6 Å². The van der Waals surface area contributed by atoms with Gasteiger partial charge < -0.3 is 9.72 Å². The Morgan fingerprint density at radius 3 is 2.46 bits per heavy atom. The molecule has 0 saturated carbocycles. The van der Waals surface area contributed by atoms with Crippen molar-refractivity contribution >= 4 is 10.9 Å². The number of halogens is 4. The van der Waals surface area contributed by atoms with Gasteiger partial charge in [-0.2, -0.15) is 0 Å². The fourth-order valence-corrected chi connectivity index (χ4v) is 5.88. The molecule has 0 spiro atoms. The molecule has 0 radical (unpaired) electrons. The Morgan fingerprint density at radius 2 is 1.78 bits per heavy atom. The molecule has 0 aliphatic carbocycles. The highest BCUT2D eigenvalue weighted by atomic mass is 19.1. The molecule has 37 heavy (non-hydrogen) atoms. The van der Waals surface area contributed by atoms with E-state index in [0.29, 0.717) is 31.9 Å². The van der Waals surface area contributed by atoms with E-state index >= 15 is 8.78 Å². The highest BCUT2D eigenvalue weighted by molar-refractivity contribution is 5.85. The Labute approximate surface area is 215 Å². The standard InChI is InChI=1S/C29H35F4N3O/c1-18-8-9-36(17-29(2,3)33)28(27-25(18)21-6-4-5-7-24(21)34-27)26-22(31)12-20(13-23(26)32)37-11-10-35-15-19(14-30)16-35/h4-7,12-13,18-19,28,34H,8-11,14-17H2,1-3H3/t18?,28-/m1/s1. The molecule has 5 rings (SSSR count). The summed E-state index contributed by atoms with van der Waals surface area (Å²) in [5, 5.41) is 1.03. The van der Waals surface area contributed by atoms with Gasteiger partial charge in [-0.15, -0.1) is 0 Å². The number of fused-ring (bicyclic) bond motifs is 3. The Bertz CT molecular complexity index is 1220. The second-order valence-electron chi connectivity index (χ2n) is 11.2. The lowest BCUT2D eigenvalue weighted by atomic mass is 9.92. The van der Waals surface area contributed by atoms with Crippen molar-refractivity contribution in [2.75, 3.05) is 46.0 Å². The van der Waals surface area contributed by atoms with Crippen molar-refractivity contribution in [1.29, 1.82) is 0 Å². The molecule has 0 amide bonds. The van der Waals surface area contributed by atoms with E-state index in [-0.39, 0.29) is 43.0 Å². The molecule has 8 heteroatoms. The first-order valence-electron chi connectivity index (χ1n) is 13.1. The van der Waals surface area contributed by atoms with Crippen LogP contribution in [-0.2, 0) is 0 Å². The SMILES string of the molecule is CC1CCN(CC(C)(C)F)[C@H](c2c(F)cc(OCCN3CC(CF)C3)cc2F)c2[nH]c3ccccc3c21. The van der Waals surface area contributed by atoms with Gasteiger partial charge in [-0.25, -0.2) is 13.2 Å². The fraction of sp³-hybridized carbons (Fsp3) is 0.517. The minimum absolute atomic E-state index is 0.0338. The predicted octanol–water partition coefficient (Wildman–Crippen LogP) is 6.37. The Hall–Kier alpha value is -2.58. The van der Waals surface area contributed by atoms with E-state index < -0.39 is 23.3 Å². The summed E-state index contributed by atoms with van der Waals surface area (Å²) in [6, 6.07) is 9.47. The van der Waals surface area contributed by atoms with Crippen LogP contribution in [-0.4, -0.2) is 66.5 Å². The number of rotatable bonds is 8. The minimum Gasteiger partial charge on any atom is -0.492 e. The van der Waals surface area contributed by atoms with Crippen molar-refractivity contribution in [2.45, 2.75) is 44.8 Å². The largest absolute Gasteiger partial charge is 0.492 e. The first-order chi connectivity index (χ1) is 17.6. The van der Waals surface area contributed by atoms with Crippen molar-refractivity contribution in [1.82, 2.24) is 14.8 Å². The summed E-state index contributed by atoms with van der Waals surface area (Å²) in [5.74, 6) is -1.13. The van der Waals surface area contributed by atoms with Gasteiger partial charge in [0.25, 0.3) is 0 Å². The smallest absolute Gasteiger partial charge is 0.135 e. The number of likely N-dealkylation sites (tertiary alicyclic amines) is 1. The number of hydrogen-bond acceptors (Lipinski definition) is 3. The fourth-order valence-electron chi connectivity index (χ4n) is 5.88. The summed E-state index contributed by atoms with van der Waals surface area (Å²) in [6.07, 6.45) is 0.742. The molecule has 2 aromatic carbocycles. The topological polar surface area (TPSA) is 31.5 Å². The minimum atomic E-state index is -1.55. The molecule has 1 saturated heterocycles. The quantitative estimate of drug-likeness (QED) is 0.352. The van der Waals surface area contributed by atoms with Crippen LogP contribution in [0.1, 0.15) is 56.0 Å². The van der Waals surface area contributed by atoms with Crippen molar-refractivity contribution < 1.29 is 22.3 Å². The summed E-state index contributed by atoms with van der Waals surface area (Å²) in [4.78, 5) is 7.33. The molecule has 3 heterocycles. The summed E-state index contributed by atoms with van der Waals surface area (Å²) >= 11 is 0. The number of nitrogens with one attached hydrogen (secondary N) is 1. The second kappa shape index (κ2) is 10.3. The van der Waals surface area contributed by atoms with E-state index in [1.807, 2.05) is 34.1 Å². The zero-order chi connectivity index (χ0) is 26.3. The van der Waals surface area contributed by atoms with Gasteiger partial charge in [-0.3, -0.25) is 14.2 Å². The van der Waals surface area contributed by atoms with Gasteiger partial charge in [-0.05, 0) is 44.4 Å². The average molecular weight is 518 g/mol. The molecule has 1 unspecified atom stereocenters. The van der Waals surface area contributed by atoms with E-state index in [1.165, 1.54) is 26.0 Å². The number of alkyl halides is 2. The van der Waals surface area contributed by atoms with Crippen LogP contribution in [0.5, 0.6) is 5.75 Å². The second-order valence-corrected chi connectivity index (χ2v) is 11.2. The van der Waals surface area contributed by atoms with Gasteiger partial charge in [0.2, 0.25) is 0 Å². The van der Waals surface area contributed by atoms with Crippen LogP contribution in [0, 0.1) is 17.6 Å². The lowest BCUT2D eigenvalue weighted by Gasteiger charge is -2.37. The lowest BCUT2D eigenvalue weighted by molar-refractivity contribution is 0.0667. The zero-order valence-electron chi connectivity index (χ0n) is 21.7. The summed E-state index contributed by atoms with van der Waals surface area (Å²) in [6.45, 7) is 7.47. The normalized spacial score (nSPS) is 21.6. The molecule has 4 nitrogen and oxygen atoms in total. The van der Waals surface area contributed by atoms with Crippen LogP contribution in [0.3, 0.4) is 0 Å². The molecular weight excluding hydrogens is 482 g/mol. The van der Waals surface area contributed by atoms with Crippen LogP contribution in [0.15, 0.2) is 36.4 Å². The molecule has 0 bridgehead atoms. The molecule has 1 aromatic heterocycles. The van der Waals surface area contributed by atoms with E-state index in [0.717, 1.165) is 22.9 Å². The van der Waals surface area contributed by atoms with E-state index in [2.05, 4.69) is 11.9 Å². The van der Waals surface area contributed by atoms with Gasteiger partial charge in [0.15, 0.2) is 0 Å². The predicted molar refractivity (Wildman–Crippen MR) is 138 cm³/mol. The van der Waals surface area contributed by atoms with E-state index in [1.54, 1.807) is 0 Å². The third-order valence-electron chi connectivity index (χ3n) is 7.59. The highest BCUT2D eigenvalue weighted by Crippen LogP contribution is 2.44. The molecule has 3 aromatic rings. The zero-order valence-corrected chi connectivity index (χ0v) is 21.7. The van der Waals surface area contributed by atoms with Gasteiger partial charge in [0.1, 0.15) is 29.7 Å². The van der Waals surface area contributed by atoms with Gasteiger partial charge in [-0.1, -0.05) is 25.1 Å². The maximum atomic E-state index is 15.7. The third kappa shape index (κ3) is 5.36. The van der Waals surface area contributed by atoms with E-state index in [9.17, 15) is 8.78 Å². The lowest BCUT2D eigenvalue weighted by Crippen LogP contribution is -2.49. The number of hydrogen-bond donors (Lipinski definition) is 1. The van der Waals surface area contributed by atoms with Crippen LogP contribution >= 0.6 is 0 Å². The molecule has 1 fully saturated rings. The third-order valence-corrected chi connectivity index (χ3v) is 7.59. The number of H-pyrrole nitrogens is 1. The maximum Gasteiger partial charge on any atom is 0.135 e. The number of nitrogens with zero attached hydrogens (tertiary/aromatic N) is 2. The molecule has 2 aliphatic heterocycles. The van der Waals surface area contributed by atoms with Crippen LogP contribution in [0.25, 0.3) is 10.9 Å². The highest BCUT2D eigenvalue weighted by Gasteiger charge is 2.38. The summed E-state index contributed by atoms with van der Waals surface area (Å²) < 4.78 is 64.7. The molecular formula is C29H35F4N3O. The molecule has 2 aliphatic rings. The molecule has 2 atom stereocenters. The maximum absolute atomic E-state index is 15.7. The van der Waals surface area contributed by atoms with Gasteiger partial charge in [0, 0.05) is 66.4 Å². The monoisotopic (exact) mass is 517 g/mol. The van der Waals surface area contributed by atoms with Crippen molar-refractivity contribution in [3.05, 3.63) is 64.9 Å². The first-order valence-corrected chi connectivity index (χ1v) is 13.1. The number of para-hydroxylation sites is 1. The Morgan fingerprint density at radius 1 is 1.08 bits per heavy atom. The van der Waals surface area contributed by atoms with Crippen molar-refractivity contribution in [3.8, 4) is 5.75 Å². The average Bonchev–Trinajstić information content (AvgIpc) is 3.13. The van der Waals surface area contributed by atoms with Crippen molar-refractivity contribution in [2.24, 2.45) is 5.92 Å². The first kappa shape index (κ1) is 26.0. The number of aromatic nitrogens is 1. The van der Waals surface area contributed by atoms with Gasteiger partial charge >= 0.3 is 0 Å². The summed E-state index contributed by atoms with van der Waals surface area (Å²) in [7, 11) is 0. The number of aromatic amines is 1. The molecule has 1 N–H and O–H groups in total. The Kier molecular flexibility index (Phi) is 7.24.